The molecule has 0 aromatic heterocycles. The second-order valence-electron chi connectivity index (χ2n) is 3.84. The molecule has 0 aromatic rings. The first kappa shape index (κ1) is 14.0. The Kier molecular flexibility index (Phi) is 6.03. The zero-order chi connectivity index (χ0) is 11.9. The number of carbonyl (C=O) groups excluding carboxylic acids is 1. The van der Waals surface area contributed by atoms with Gasteiger partial charge in [0, 0.05) is 0 Å². The predicted molar refractivity (Wildman–Crippen MR) is 63.2 cm³/mol. The molecule has 0 saturated heterocycles. The Labute approximate surface area is 92.8 Å². The second-order valence-corrected chi connectivity index (χ2v) is 3.84. The minimum atomic E-state index is -0.775. The SMILES string of the molecule is C#CC(CCC)NC(=O)C(N)(CC)CC. The summed E-state index contributed by atoms with van der Waals surface area (Å²) >= 11 is 0. The van der Waals surface area contributed by atoms with Crippen LogP contribution in [-0.2, 0) is 4.79 Å². The summed E-state index contributed by atoms with van der Waals surface area (Å²) in [5, 5.41) is 2.81. The van der Waals surface area contributed by atoms with Crippen LogP contribution in [-0.4, -0.2) is 17.5 Å². The van der Waals surface area contributed by atoms with Crippen LogP contribution >= 0.6 is 0 Å². The molecule has 0 saturated carbocycles. The van der Waals surface area contributed by atoms with Gasteiger partial charge in [0.05, 0.1) is 11.6 Å². The van der Waals surface area contributed by atoms with Gasteiger partial charge in [-0.05, 0) is 19.3 Å². The summed E-state index contributed by atoms with van der Waals surface area (Å²) in [6.07, 6.45) is 8.32. The third-order valence-electron chi connectivity index (χ3n) is 2.80. The van der Waals surface area contributed by atoms with Crippen molar-refractivity contribution in [1.29, 1.82) is 0 Å². The van der Waals surface area contributed by atoms with E-state index < -0.39 is 5.54 Å². The lowest BCUT2D eigenvalue weighted by Gasteiger charge is -2.27. The van der Waals surface area contributed by atoms with Crippen molar-refractivity contribution in [2.45, 2.75) is 58.0 Å². The highest BCUT2D eigenvalue weighted by atomic mass is 16.2. The highest BCUT2D eigenvalue weighted by molar-refractivity contribution is 5.86. The standard InChI is InChI=1S/C12H22N2O/c1-5-9-10(6-2)14-11(15)12(13,7-3)8-4/h2,10H,5,7-9,13H2,1,3-4H3,(H,14,15). The van der Waals surface area contributed by atoms with E-state index in [1.165, 1.54) is 0 Å². The number of amides is 1. The molecule has 0 radical (unpaired) electrons. The molecule has 1 atom stereocenters. The maximum atomic E-state index is 11.8. The molecule has 3 heteroatoms. The van der Waals surface area contributed by atoms with Crippen LogP contribution < -0.4 is 11.1 Å². The number of nitrogens with one attached hydrogen (secondary N) is 1. The van der Waals surface area contributed by atoms with Crippen LogP contribution in [0, 0.1) is 12.3 Å². The van der Waals surface area contributed by atoms with Gasteiger partial charge in [0.2, 0.25) is 5.91 Å². The molecule has 0 aromatic carbocycles. The van der Waals surface area contributed by atoms with Crippen LogP contribution in [0.1, 0.15) is 46.5 Å². The fourth-order valence-corrected chi connectivity index (χ4v) is 1.36. The molecule has 1 amide bonds. The summed E-state index contributed by atoms with van der Waals surface area (Å²) in [6, 6.07) is -0.191. The van der Waals surface area contributed by atoms with Gasteiger partial charge in [0.1, 0.15) is 0 Å². The van der Waals surface area contributed by atoms with E-state index in [9.17, 15) is 4.79 Å². The summed E-state index contributed by atoms with van der Waals surface area (Å²) in [5.41, 5.74) is 5.18. The molecule has 0 aliphatic heterocycles. The van der Waals surface area contributed by atoms with E-state index in [1.54, 1.807) is 0 Å². The first-order chi connectivity index (χ1) is 7.03. The van der Waals surface area contributed by atoms with Gasteiger partial charge in [0.25, 0.3) is 0 Å². The normalized spacial score (nSPS) is 13.0. The van der Waals surface area contributed by atoms with Crippen molar-refractivity contribution < 1.29 is 4.79 Å². The van der Waals surface area contributed by atoms with Crippen LogP contribution in [0.25, 0.3) is 0 Å². The van der Waals surface area contributed by atoms with Gasteiger partial charge in [0.15, 0.2) is 0 Å². The lowest BCUT2D eigenvalue weighted by atomic mass is 9.92. The molecule has 0 rings (SSSR count). The zero-order valence-corrected chi connectivity index (χ0v) is 9.97. The van der Waals surface area contributed by atoms with Crippen LogP contribution in [0.5, 0.6) is 0 Å². The first-order valence-electron chi connectivity index (χ1n) is 5.60. The molecule has 3 N–H and O–H groups in total. The van der Waals surface area contributed by atoms with Crippen molar-refractivity contribution >= 4 is 5.91 Å². The number of terminal acetylenes is 1. The molecule has 0 spiro atoms. The van der Waals surface area contributed by atoms with E-state index in [0.717, 1.165) is 12.8 Å². The van der Waals surface area contributed by atoms with Gasteiger partial charge >= 0.3 is 0 Å². The van der Waals surface area contributed by atoms with Gasteiger partial charge < -0.3 is 11.1 Å². The lowest BCUT2D eigenvalue weighted by Crippen LogP contribution is -2.55. The third-order valence-corrected chi connectivity index (χ3v) is 2.80. The monoisotopic (exact) mass is 210 g/mol. The molecule has 0 heterocycles. The topological polar surface area (TPSA) is 55.1 Å². The average molecular weight is 210 g/mol. The number of hydrogen-bond acceptors (Lipinski definition) is 2. The summed E-state index contributed by atoms with van der Waals surface area (Å²) < 4.78 is 0. The summed E-state index contributed by atoms with van der Waals surface area (Å²) in [5.74, 6) is 2.43. The number of hydrogen-bond donors (Lipinski definition) is 2. The average Bonchev–Trinajstić information content (AvgIpc) is 2.27. The highest BCUT2D eigenvalue weighted by Gasteiger charge is 2.30. The van der Waals surface area contributed by atoms with E-state index >= 15 is 0 Å². The fraction of sp³-hybridized carbons (Fsp3) is 0.750. The van der Waals surface area contributed by atoms with Crippen molar-refractivity contribution in [2.75, 3.05) is 0 Å². The van der Waals surface area contributed by atoms with Crippen molar-refractivity contribution in [2.24, 2.45) is 5.73 Å². The smallest absolute Gasteiger partial charge is 0.241 e. The van der Waals surface area contributed by atoms with Crippen LogP contribution in [0.2, 0.25) is 0 Å². The molecule has 0 fully saturated rings. The molecule has 1 unspecified atom stereocenters. The molecule has 0 bridgehead atoms. The van der Waals surface area contributed by atoms with Gasteiger partial charge in [-0.2, -0.15) is 0 Å². The maximum absolute atomic E-state index is 11.8. The summed E-state index contributed by atoms with van der Waals surface area (Å²) in [6.45, 7) is 5.85. The molecule has 0 aliphatic rings. The molecule has 0 aliphatic carbocycles. The molecular weight excluding hydrogens is 188 g/mol. The number of rotatable bonds is 6. The Morgan fingerprint density at radius 2 is 2.00 bits per heavy atom. The Morgan fingerprint density at radius 3 is 2.33 bits per heavy atom. The molecule has 3 nitrogen and oxygen atoms in total. The summed E-state index contributed by atoms with van der Waals surface area (Å²) in [7, 11) is 0. The molecule has 15 heavy (non-hydrogen) atoms. The van der Waals surface area contributed by atoms with E-state index in [4.69, 9.17) is 12.2 Å². The summed E-state index contributed by atoms with van der Waals surface area (Å²) in [4.78, 5) is 11.8. The largest absolute Gasteiger partial charge is 0.341 e. The molecule has 86 valence electrons. The Morgan fingerprint density at radius 1 is 1.47 bits per heavy atom. The van der Waals surface area contributed by atoms with Gasteiger partial charge in [-0.15, -0.1) is 6.42 Å². The highest BCUT2D eigenvalue weighted by Crippen LogP contribution is 2.11. The Bertz CT molecular complexity index is 238. The quantitative estimate of drug-likeness (QED) is 0.651. The minimum Gasteiger partial charge on any atom is -0.341 e. The zero-order valence-electron chi connectivity index (χ0n) is 9.97. The van der Waals surface area contributed by atoms with Crippen LogP contribution in [0.15, 0.2) is 0 Å². The van der Waals surface area contributed by atoms with Gasteiger partial charge in [-0.1, -0.05) is 33.1 Å². The first-order valence-corrected chi connectivity index (χ1v) is 5.60. The van der Waals surface area contributed by atoms with Crippen LogP contribution in [0.3, 0.4) is 0 Å². The van der Waals surface area contributed by atoms with Crippen molar-refractivity contribution in [3.05, 3.63) is 0 Å². The Balaban J connectivity index is 4.40. The predicted octanol–water partition coefficient (Wildman–Crippen LogP) is 1.42. The van der Waals surface area contributed by atoms with E-state index in [1.807, 2.05) is 20.8 Å². The van der Waals surface area contributed by atoms with Gasteiger partial charge in [-0.25, -0.2) is 0 Å². The third kappa shape index (κ3) is 3.93. The van der Waals surface area contributed by atoms with Crippen molar-refractivity contribution in [3.63, 3.8) is 0 Å². The molecular formula is C12H22N2O. The lowest BCUT2D eigenvalue weighted by molar-refractivity contribution is -0.127. The van der Waals surface area contributed by atoms with Crippen molar-refractivity contribution in [1.82, 2.24) is 5.32 Å². The van der Waals surface area contributed by atoms with E-state index in [0.29, 0.717) is 12.8 Å². The minimum absolute atomic E-state index is 0.135. The maximum Gasteiger partial charge on any atom is 0.241 e. The number of carbonyl (C=O) groups is 1. The van der Waals surface area contributed by atoms with E-state index in [-0.39, 0.29) is 11.9 Å². The fourth-order valence-electron chi connectivity index (χ4n) is 1.36. The number of nitrogens with two attached hydrogens (primary N) is 1. The van der Waals surface area contributed by atoms with Crippen molar-refractivity contribution in [3.8, 4) is 12.3 Å². The second kappa shape index (κ2) is 6.47. The van der Waals surface area contributed by atoms with Gasteiger partial charge in [-0.3, -0.25) is 4.79 Å². The van der Waals surface area contributed by atoms with Crippen LogP contribution in [0.4, 0.5) is 0 Å². The van der Waals surface area contributed by atoms with E-state index in [2.05, 4.69) is 11.2 Å². The Hall–Kier alpha value is -1.01.